The van der Waals surface area contributed by atoms with E-state index in [9.17, 15) is 8.78 Å². The molecule has 0 aliphatic carbocycles. The van der Waals surface area contributed by atoms with Crippen molar-refractivity contribution in [1.82, 2.24) is 5.06 Å². The second-order valence-corrected chi connectivity index (χ2v) is 8.86. The van der Waals surface area contributed by atoms with E-state index in [0.717, 1.165) is 5.56 Å². The van der Waals surface area contributed by atoms with Crippen LogP contribution in [0.1, 0.15) is 22.1 Å². The van der Waals surface area contributed by atoms with Gasteiger partial charge in [-0.25, -0.2) is 0 Å². The highest BCUT2D eigenvalue weighted by atomic mass is 79.9. The van der Waals surface area contributed by atoms with E-state index in [1.165, 1.54) is 15.4 Å². The first-order valence-electron chi connectivity index (χ1n) is 9.48. The summed E-state index contributed by atoms with van der Waals surface area (Å²) in [6.45, 7) is 2.98. The molecule has 31 heavy (non-hydrogen) atoms. The summed E-state index contributed by atoms with van der Waals surface area (Å²) in [5.74, 6) is 0.691. The monoisotopic (exact) mass is 511 g/mol. The fraction of sp³-hybridized carbons (Fsp3) is 0.273. The van der Waals surface area contributed by atoms with Crippen LogP contribution in [0.3, 0.4) is 0 Å². The summed E-state index contributed by atoms with van der Waals surface area (Å²) in [6.07, 6.45) is -4.21. The van der Waals surface area contributed by atoms with Gasteiger partial charge in [0, 0.05) is 20.5 Å². The molecule has 0 saturated heterocycles. The first-order chi connectivity index (χ1) is 14.9. The highest BCUT2D eigenvalue weighted by Crippen LogP contribution is 2.46. The predicted octanol–water partition coefficient (Wildman–Crippen LogP) is 6.32. The number of nitrogens with zero attached hydrogens (tertiary/aromatic N) is 1. The molecule has 2 aliphatic rings. The van der Waals surface area contributed by atoms with Gasteiger partial charge in [-0.05, 0) is 46.4 Å². The third-order valence-corrected chi connectivity index (χ3v) is 6.78. The van der Waals surface area contributed by atoms with Crippen LogP contribution in [0.2, 0.25) is 0 Å². The normalized spacial score (nSPS) is 18.9. The Balaban J connectivity index is 0.000000282. The molecule has 3 aromatic rings. The minimum Gasteiger partial charge on any atom is -0.484 e. The van der Waals surface area contributed by atoms with Crippen LogP contribution in [0.4, 0.5) is 8.78 Å². The second-order valence-electron chi connectivity index (χ2n) is 6.89. The Kier molecular flexibility index (Phi) is 6.47. The van der Waals surface area contributed by atoms with Gasteiger partial charge in [-0.3, -0.25) is 0 Å². The van der Waals surface area contributed by atoms with Crippen molar-refractivity contribution < 1.29 is 27.8 Å². The lowest BCUT2D eigenvalue weighted by Gasteiger charge is -2.22. The molecule has 1 aromatic heterocycles. The Bertz CT molecular complexity index is 1040. The molecular formula is C22H20BrF2NO4S. The zero-order valence-electron chi connectivity index (χ0n) is 16.8. The van der Waals surface area contributed by atoms with Gasteiger partial charge in [0.2, 0.25) is 0 Å². The Morgan fingerprint density at radius 2 is 1.87 bits per heavy atom. The van der Waals surface area contributed by atoms with Crippen LogP contribution in [0.25, 0.3) is 0 Å². The molecule has 0 fully saturated rings. The number of hydrogen-bond acceptors (Lipinski definition) is 6. The summed E-state index contributed by atoms with van der Waals surface area (Å²) in [5, 5.41) is 3.78. The topological polar surface area (TPSA) is 40.2 Å². The van der Waals surface area contributed by atoms with E-state index in [4.69, 9.17) is 9.57 Å². The molecule has 3 heterocycles. The molecule has 1 atom stereocenters. The summed E-state index contributed by atoms with van der Waals surface area (Å²) in [6, 6.07) is 14.4. The van der Waals surface area contributed by atoms with Crippen molar-refractivity contribution in [2.24, 2.45) is 0 Å². The Labute approximate surface area is 191 Å². The Hall–Kier alpha value is -2.20. The third-order valence-electron chi connectivity index (χ3n) is 4.82. The van der Waals surface area contributed by atoms with Gasteiger partial charge in [-0.15, -0.1) is 20.1 Å². The number of halogens is 3. The minimum atomic E-state index is -3.66. The lowest BCUT2D eigenvalue weighted by Crippen LogP contribution is -2.28. The number of fused-ring (bicyclic) bond motifs is 2. The van der Waals surface area contributed by atoms with Crippen molar-refractivity contribution in [2.75, 3.05) is 13.7 Å². The van der Waals surface area contributed by atoms with Crippen molar-refractivity contribution in [1.29, 1.82) is 0 Å². The zero-order valence-corrected chi connectivity index (χ0v) is 19.2. The first kappa shape index (κ1) is 22.0. The van der Waals surface area contributed by atoms with Gasteiger partial charge in [0.15, 0.2) is 11.5 Å². The fourth-order valence-corrected chi connectivity index (χ4v) is 4.47. The van der Waals surface area contributed by atoms with E-state index in [0.29, 0.717) is 24.4 Å². The highest BCUT2D eigenvalue weighted by Gasteiger charge is 2.45. The van der Waals surface area contributed by atoms with E-state index in [2.05, 4.69) is 43.8 Å². The van der Waals surface area contributed by atoms with Crippen molar-refractivity contribution in [3.05, 3.63) is 74.4 Å². The zero-order chi connectivity index (χ0) is 22.0. The van der Waals surface area contributed by atoms with Crippen molar-refractivity contribution in [2.45, 2.75) is 25.9 Å². The van der Waals surface area contributed by atoms with Crippen molar-refractivity contribution in [3.63, 3.8) is 0 Å². The molecule has 0 amide bonds. The van der Waals surface area contributed by atoms with E-state index >= 15 is 0 Å². The number of para-hydroxylation sites is 2. The largest absolute Gasteiger partial charge is 0.586 e. The van der Waals surface area contributed by atoms with Crippen molar-refractivity contribution in [3.8, 4) is 17.2 Å². The SMILES string of the molecule is CON1Cc2ccccc2OC(c2cccc3c2OC(F)(F)O3)C1.Cc1sccc1Br. The first-order valence-corrected chi connectivity index (χ1v) is 11.2. The van der Waals surface area contributed by atoms with E-state index in [-0.39, 0.29) is 11.5 Å². The van der Waals surface area contributed by atoms with Gasteiger partial charge in [-0.1, -0.05) is 30.3 Å². The van der Waals surface area contributed by atoms with E-state index in [1.54, 1.807) is 35.6 Å². The molecule has 5 nitrogen and oxygen atoms in total. The summed E-state index contributed by atoms with van der Waals surface area (Å²) in [7, 11) is 1.56. The molecule has 0 bridgehead atoms. The van der Waals surface area contributed by atoms with Gasteiger partial charge in [0.05, 0.1) is 20.2 Å². The van der Waals surface area contributed by atoms with Gasteiger partial charge in [0.25, 0.3) is 0 Å². The lowest BCUT2D eigenvalue weighted by atomic mass is 10.1. The quantitative estimate of drug-likeness (QED) is 0.402. The van der Waals surface area contributed by atoms with Crippen LogP contribution in [0.5, 0.6) is 17.2 Å². The Morgan fingerprint density at radius 1 is 1.10 bits per heavy atom. The summed E-state index contributed by atoms with van der Waals surface area (Å²) in [5.41, 5.74) is 1.44. The fourth-order valence-electron chi connectivity index (χ4n) is 3.29. The molecular weight excluding hydrogens is 492 g/mol. The molecule has 164 valence electrons. The molecule has 5 rings (SSSR count). The van der Waals surface area contributed by atoms with Crippen LogP contribution >= 0.6 is 27.3 Å². The van der Waals surface area contributed by atoms with Crippen LogP contribution in [-0.2, 0) is 11.4 Å². The average molecular weight is 512 g/mol. The van der Waals surface area contributed by atoms with Gasteiger partial charge >= 0.3 is 6.29 Å². The molecule has 2 aromatic carbocycles. The molecule has 0 spiro atoms. The van der Waals surface area contributed by atoms with Gasteiger partial charge in [-0.2, -0.15) is 5.06 Å². The maximum atomic E-state index is 13.4. The number of thiophene rings is 1. The van der Waals surface area contributed by atoms with Crippen LogP contribution in [0.15, 0.2) is 58.4 Å². The molecule has 1 unspecified atom stereocenters. The van der Waals surface area contributed by atoms with Gasteiger partial charge < -0.3 is 19.0 Å². The number of benzene rings is 2. The molecule has 0 N–H and O–H groups in total. The lowest BCUT2D eigenvalue weighted by molar-refractivity contribution is -0.287. The number of alkyl halides is 2. The molecule has 2 aliphatic heterocycles. The van der Waals surface area contributed by atoms with Crippen LogP contribution in [0, 0.1) is 6.92 Å². The van der Waals surface area contributed by atoms with Crippen molar-refractivity contribution >= 4 is 27.3 Å². The summed E-state index contributed by atoms with van der Waals surface area (Å²) in [4.78, 5) is 6.72. The van der Waals surface area contributed by atoms with E-state index < -0.39 is 12.4 Å². The number of ether oxygens (including phenoxy) is 3. The highest BCUT2D eigenvalue weighted by molar-refractivity contribution is 9.10. The number of hydroxylamine groups is 2. The van der Waals surface area contributed by atoms with E-state index in [1.807, 2.05) is 24.3 Å². The number of aryl methyl sites for hydroxylation is 1. The molecule has 0 saturated carbocycles. The number of hydrogen-bond donors (Lipinski definition) is 0. The predicted molar refractivity (Wildman–Crippen MR) is 117 cm³/mol. The Morgan fingerprint density at radius 3 is 2.55 bits per heavy atom. The summed E-state index contributed by atoms with van der Waals surface area (Å²) < 4.78 is 43.3. The summed E-state index contributed by atoms with van der Waals surface area (Å²) >= 11 is 5.13. The number of rotatable bonds is 2. The smallest absolute Gasteiger partial charge is 0.484 e. The average Bonchev–Trinajstić information content (AvgIpc) is 3.20. The van der Waals surface area contributed by atoms with Gasteiger partial charge in [0.1, 0.15) is 11.9 Å². The molecule has 9 heteroatoms. The minimum absolute atomic E-state index is 0.00241. The molecule has 0 radical (unpaired) electrons. The maximum absolute atomic E-state index is 13.4. The van der Waals surface area contributed by atoms with Crippen LogP contribution in [-0.4, -0.2) is 25.0 Å². The maximum Gasteiger partial charge on any atom is 0.586 e. The third kappa shape index (κ3) is 5.01. The standard InChI is InChI=1S/C17H15F2NO4.C5H5BrS/c1-21-20-9-11-5-2-3-7-13(11)22-15(10-20)12-6-4-8-14-16(12)24-17(18,19)23-14;1-4-5(6)2-3-7-4/h2-8,15H,9-10H2,1H3;2-3H,1H3. The second kappa shape index (κ2) is 9.12. The van der Waals surface area contributed by atoms with Crippen LogP contribution < -0.4 is 14.2 Å².